The summed E-state index contributed by atoms with van der Waals surface area (Å²) in [5.74, 6) is 0.241. The van der Waals surface area contributed by atoms with Gasteiger partial charge in [-0.05, 0) is 50.2 Å². The molecule has 21 heavy (non-hydrogen) atoms. The molecule has 1 saturated carbocycles. The molecule has 1 fully saturated rings. The minimum absolute atomic E-state index is 0.171. The Hall–Kier alpha value is -1.62. The van der Waals surface area contributed by atoms with Crippen molar-refractivity contribution in [2.75, 3.05) is 13.2 Å². The number of carbonyl (C=O) groups is 1. The van der Waals surface area contributed by atoms with Gasteiger partial charge in [-0.15, -0.1) is 0 Å². The van der Waals surface area contributed by atoms with Crippen LogP contribution in [0.4, 0.5) is 0 Å². The molecule has 2 unspecified atom stereocenters. The van der Waals surface area contributed by atoms with Crippen molar-refractivity contribution in [2.24, 2.45) is 11.8 Å². The van der Waals surface area contributed by atoms with E-state index < -0.39 is 0 Å². The van der Waals surface area contributed by atoms with Crippen molar-refractivity contribution in [1.82, 2.24) is 10.3 Å². The van der Waals surface area contributed by atoms with Crippen LogP contribution in [0.25, 0.3) is 0 Å². The maximum absolute atomic E-state index is 12.2. The van der Waals surface area contributed by atoms with E-state index in [0.717, 1.165) is 31.4 Å². The second-order valence-electron chi connectivity index (χ2n) is 6.04. The fraction of sp³-hybridized carbons (Fsp3) is 0.625. The molecule has 0 aliphatic heterocycles. The molecule has 1 aliphatic rings. The number of hydrogen-bond acceptors (Lipinski definition) is 3. The Labute approximate surface area is 124 Å². The maximum atomic E-state index is 12.2. The Balaban J connectivity index is 2.03. The van der Waals surface area contributed by atoms with Crippen molar-refractivity contribution in [1.29, 1.82) is 0 Å². The van der Waals surface area contributed by atoms with Crippen LogP contribution >= 0.6 is 0 Å². The van der Waals surface area contributed by atoms with E-state index in [1.165, 1.54) is 0 Å². The zero-order valence-corrected chi connectivity index (χ0v) is 12.7. The lowest BCUT2D eigenvalue weighted by Gasteiger charge is -2.30. The van der Waals surface area contributed by atoms with Crippen LogP contribution < -0.4 is 10.9 Å². The largest absolute Gasteiger partial charge is 0.396 e. The maximum Gasteiger partial charge on any atom is 0.261 e. The van der Waals surface area contributed by atoms with Crippen LogP contribution in [0.15, 0.2) is 10.9 Å². The highest BCUT2D eigenvalue weighted by molar-refractivity contribution is 5.95. The van der Waals surface area contributed by atoms with Gasteiger partial charge in [-0.25, -0.2) is 0 Å². The van der Waals surface area contributed by atoms with Crippen molar-refractivity contribution in [3.05, 3.63) is 33.2 Å². The van der Waals surface area contributed by atoms with Gasteiger partial charge in [0.05, 0.1) is 0 Å². The highest BCUT2D eigenvalue weighted by Gasteiger charge is 2.25. The molecule has 0 aromatic carbocycles. The van der Waals surface area contributed by atoms with E-state index in [9.17, 15) is 14.7 Å². The Morgan fingerprint density at radius 3 is 2.62 bits per heavy atom. The molecule has 2 rings (SSSR count). The topological polar surface area (TPSA) is 82.2 Å². The fourth-order valence-corrected chi connectivity index (χ4v) is 3.24. The minimum atomic E-state index is -0.340. The Bertz CT molecular complexity index is 565. The number of aromatic nitrogens is 1. The average molecular weight is 292 g/mol. The minimum Gasteiger partial charge on any atom is -0.396 e. The number of nitrogens with one attached hydrogen (secondary N) is 2. The van der Waals surface area contributed by atoms with E-state index in [2.05, 4.69) is 10.3 Å². The molecule has 1 amide bonds. The first-order chi connectivity index (χ1) is 10.0. The molecule has 1 aliphatic carbocycles. The summed E-state index contributed by atoms with van der Waals surface area (Å²) in [5.41, 5.74) is 1.29. The van der Waals surface area contributed by atoms with Gasteiger partial charge in [-0.3, -0.25) is 9.59 Å². The second kappa shape index (κ2) is 6.89. The van der Waals surface area contributed by atoms with Crippen LogP contribution in [-0.2, 0) is 0 Å². The standard InChI is InChI=1S/C16H24N2O3/c1-10-7-11(2)18-16(21)14(10)15(20)17-8-12-5-3-4-6-13(12)9-19/h7,12-13,19H,3-6,8-9H2,1-2H3,(H,17,20)(H,18,21). The van der Waals surface area contributed by atoms with Gasteiger partial charge in [0.15, 0.2) is 0 Å². The van der Waals surface area contributed by atoms with Gasteiger partial charge in [0.2, 0.25) is 0 Å². The Morgan fingerprint density at radius 2 is 2.00 bits per heavy atom. The monoisotopic (exact) mass is 292 g/mol. The molecule has 0 saturated heterocycles. The second-order valence-corrected chi connectivity index (χ2v) is 6.04. The number of H-pyrrole nitrogens is 1. The smallest absolute Gasteiger partial charge is 0.261 e. The van der Waals surface area contributed by atoms with Crippen LogP contribution in [0.1, 0.15) is 47.3 Å². The molecule has 0 bridgehead atoms. The molecule has 5 heteroatoms. The summed E-state index contributed by atoms with van der Waals surface area (Å²) in [5, 5.41) is 12.3. The van der Waals surface area contributed by atoms with Crippen LogP contribution in [0.3, 0.4) is 0 Å². The zero-order chi connectivity index (χ0) is 15.4. The van der Waals surface area contributed by atoms with Crippen LogP contribution in [0.5, 0.6) is 0 Å². The van der Waals surface area contributed by atoms with Gasteiger partial charge >= 0.3 is 0 Å². The van der Waals surface area contributed by atoms with Gasteiger partial charge in [0.1, 0.15) is 5.56 Å². The first kappa shape index (κ1) is 15.8. The lowest BCUT2D eigenvalue weighted by atomic mass is 9.79. The SMILES string of the molecule is Cc1cc(C)c(C(=O)NCC2CCCCC2CO)c(=O)[nH]1. The predicted molar refractivity (Wildman–Crippen MR) is 81.4 cm³/mol. The molecule has 5 nitrogen and oxygen atoms in total. The quantitative estimate of drug-likeness (QED) is 0.787. The molecule has 3 N–H and O–H groups in total. The third kappa shape index (κ3) is 3.73. The highest BCUT2D eigenvalue weighted by Crippen LogP contribution is 2.29. The highest BCUT2D eigenvalue weighted by atomic mass is 16.3. The lowest BCUT2D eigenvalue weighted by Crippen LogP contribution is -2.38. The van der Waals surface area contributed by atoms with Crippen LogP contribution in [-0.4, -0.2) is 29.1 Å². The Kier molecular flexibility index (Phi) is 5.17. The first-order valence-electron chi connectivity index (χ1n) is 7.62. The molecule has 116 valence electrons. The number of rotatable bonds is 4. The van der Waals surface area contributed by atoms with Crippen LogP contribution in [0, 0.1) is 25.7 Å². The van der Waals surface area contributed by atoms with Crippen molar-refractivity contribution in [3.63, 3.8) is 0 Å². The molecule has 0 spiro atoms. The normalized spacial score (nSPS) is 22.0. The fourth-order valence-electron chi connectivity index (χ4n) is 3.24. The summed E-state index contributed by atoms with van der Waals surface area (Å²) in [6, 6.07) is 1.80. The summed E-state index contributed by atoms with van der Waals surface area (Å²) in [4.78, 5) is 26.8. The van der Waals surface area contributed by atoms with E-state index in [-0.39, 0.29) is 29.6 Å². The number of pyridine rings is 1. The number of aliphatic hydroxyl groups is 1. The zero-order valence-electron chi connectivity index (χ0n) is 12.7. The van der Waals surface area contributed by atoms with Gasteiger partial charge in [-0.2, -0.15) is 0 Å². The van der Waals surface area contributed by atoms with Crippen molar-refractivity contribution in [2.45, 2.75) is 39.5 Å². The molecule has 1 aromatic heterocycles. The molecular weight excluding hydrogens is 268 g/mol. The van der Waals surface area contributed by atoms with Crippen molar-refractivity contribution >= 4 is 5.91 Å². The van der Waals surface area contributed by atoms with Gasteiger partial charge < -0.3 is 15.4 Å². The third-order valence-corrected chi connectivity index (χ3v) is 4.42. The van der Waals surface area contributed by atoms with Gasteiger partial charge in [-0.1, -0.05) is 12.8 Å². The summed E-state index contributed by atoms with van der Waals surface area (Å²) < 4.78 is 0. The molecule has 0 radical (unpaired) electrons. The number of aromatic amines is 1. The van der Waals surface area contributed by atoms with Crippen LogP contribution in [0.2, 0.25) is 0 Å². The average Bonchev–Trinajstić information content (AvgIpc) is 2.44. The number of amides is 1. The number of hydrogen-bond donors (Lipinski definition) is 3. The number of aryl methyl sites for hydroxylation is 2. The van der Waals surface area contributed by atoms with Crippen molar-refractivity contribution < 1.29 is 9.90 Å². The van der Waals surface area contributed by atoms with Crippen molar-refractivity contribution in [3.8, 4) is 0 Å². The predicted octanol–water partition coefficient (Wildman–Crippen LogP) is 1.52. The summed E-state index contributed by atoms with van der Waals surface area (Å²) in [6.45, 7) is 4.26. The Morgan fingerprint density at radius 1 is 1.33 bits per heavy atom. The van der Waals surface area contributed by atoms with E-state index >= 15 is 0 Å². The number of carbonyl (C=O) groups excluding carboxylic acids is 1. The van der Waals surface area contributed by atoms with E-state index in [4.69, 9.17) is 0 Å². The third-order valence-electron chi connectivity index (χ3n) is 4.42. The number of aliphatic hydroxyl groups excluding tert-OH is 1. The summed E-state index contributed by atoms with van der Waals surface area (Å²) in [7, 11) is 0. The van der Waals surface area contributed by atoms with E-state index in [0.29, 0.717) is 18.0 Å². The molecule has 1 aromatic rings. The van der Waals surface area contributed by atoms with E-state index in [1.807, 2.05) is 0 Å². The summed E-state index contributed by atoms with van der Waals surface area (Å²) >= 11 is 0. The first-order valence-corrected chi connectivity index (χ1v) is 7.62. The van der Waals surface area contributed by atoms with E-state index in [1.54, 1.807) is 19.9 Å². The van der Waals surface area contributed by atoms with Gasteiger partial charge in [0.25, 0.3) is 11.5 Å². The summed E-state index contributed by atoms with van der Waals surface area (Å²) in [6.07, 6.45) is 4.32. The molecular formula is C16H24N2O3. The molecule has 2 atom stereocenters. The van der Waals surface area contributed by atoms with Gasteiger partial charge in [0, 0.05) is 18.8 Å². The molecule has 1 heterocycles. The lowest BCUT2D eigenvalue weighted by molar-refractivity contribution is 0.0907.